The zero-order chi connectivity index (χ0) is 12.0. The van der Waals surface area contributed by atoms with E-state index in [9.17, 15) is 0 Å². The van der Waals surface area contributed by atoms with Gasteiger partial charge in [0.05, 0.1) is 12.6 Å². The summed E-state index contributed by atoms with van der Waals surface area (Å²) in [7, 11) is 1.73. The van der Waals surface area contributed by atoms with Gasteiger partial charge in [0.1, 0.15) is 0 Å². The third-order valence-electron chi connectivity index (χ3n) is 2.54. The Balaban J connectivity index is 2.82. The smallest absolute Gasteiger partial charge is 0.203 e. The highest BCUT2D eigenvalue weighted by Gasteiger charge is 2.17. The quantitative estimate of drug-likeness (QED) is 0.721. The molecule has 0 spiro atoms. The second-order valence-electron chi connectivity index (χ2n) is 4.09. The molecule has 0 bridgehead atoms. The largest absolute Gasteiger partial charge is 0.383 e. The van der Waals surface area contributed by atoms with Crippen LogP contribution in [0.3, 0.4) is 0 Å². The van der Waals surface area contributed by atoms with E-state index >= 15 is 0 Å². The Morgan fingerprint density at radius 2 is 2.38 bits per heavy atom. The molecule has 1 aromatic heterocycles. The Hall–Kier alpha value is -1.29. The Morgan fingerprint density at radius 3 is 2.94 bits per heavy atom. The standard InChI is InChI=1S/C12H21N3O/c1-5-6-13-12-14-7-8-15(12)11(9-16-4)10(2)3/h5,7-8,10-11H,1,6,9H2,2-4H3,(H,13,14). The highest BCUT2D eigenvalue weighted by molar-refractivity contribution is 5.27. The zero-order valence-corrected chi connectivity index (χ0v) is 10.3. The SMILES string of the molecule is C=CCNc1nccn1C(COC)C(C)C. The van der Waals surface area contributed by atoms with E-state index in [4.69, 9.17) is 4.74 Å². The molecule has 1 atom stereocenters. The molecule has 1 N–H and O–H groups in total. The molecule has 0 aromatic carbocycles. The minimum absolute atomic E-state index is 0.305. The maximum atomic E-state index is 5.25. The lowest BCUT2D eigenvalue weighted by Crippen LogP contribution is -2.21. The van der Waals surface area contributed by atoms with Crippen molar-refractivity contribution in [3.63, 3.8) is 0 Å². The molecule has 4 nitrogen and oxygen atoms in total. The van der Waals surface area contributed by atoms with Gasteiger partial charge in [0.15, 0.2) is 0 Å². The van der Waals surface area contributed by atoms with Crippen molar-refractivity contribution in [3.05, 3.63) is 25.0 Å². The van der Waals surface area contributed by atoms with Gasteiger partial charge in [0, 0.05) is 26.0 Å². The van der Waals surface area contributed by atoms with Gasteiger partial charge in [-0.05, 0) is 5.92 Å². The molecule has 1 unspecified atom stereocenters. The molecule has 4 heteroatoms. The number of imidazole rings is 1. The van der Waals surface area contributed by atoms with Crippen molar-refractivity contribution in [3.8, 4) is 0 Å². The molecule has 1 heterocycles. The van der Waals surface area contributed by atoms with E-state index in [0.29, 0.717) is 18.6 Å². The number of rotatable bonds is 7. The van der Waals surface area contributed by atoms with E-state index in [1.54, 1.807) is 13.3 Å². The summed E-state index contributed by atoms with van der Waals surface area (Å²) in [5.41, 5.74) is 0. The van der Waals surface area contributed by atoms with Crippen molar-refractivity contribution in [2.24, 2.45) is 5.92 Å². The van der Waals surface area contributed by atoms with Crippen LogP contribution in [0, 0.1) is 5.92 Å². The molecule has 16 heavy (non-hydrogen) atoms. The van der Waals surface area contributed by atoms with Crippen LogP contribution in [-0.2, 0) is 4.74 Å². The van der Waals surface area contributed by atoms with Gasteiger partial charge in [-0.2, -0.15) is 0 Å². The molecule has 0 saturated carbocycles. The van der Waals surface area contributed by atoms with E-state index in [-0.39, 0.29) is 0 Å². The van der Waals surface area contributed by atoms with Gasteiger partial charge < -0.3 is 14.6 Å². The van der Waals surface area contributed by atoms with Gasteiger partial charge in [-0.1, -0.05) is 19.9 Å². The Morgan fingerprint density at radius 1 is 1.62 bits per heavy atom. The van der Waals surface area contributed by atoms with Crippen LogP contribution in [0.2, 0.25) is 0 Å². The molecule has 0 fully saturated rings. The lowest BCUT2D eigenvalue weighted by Gasteiger charge is -2.23. The number of ether oxygens (including phenoxy) is 1. The van der Waals surface area contributed by atoms with Gasteiger partial charge in [-0.3, -0.25) is 0 Å². The van der Waals surface area contributed by atoms with Crippen molar-refractivity contribution >= 4 is 5.95 Å². The number of nitrogens with zero attached hydrogens (tertiary/aromatic N) is 2. The first-order chi connectivity index (χ1) is 7.70. The molecule has 0 radical (unpaired) electrons. The average molecular weight is 223 g/mol. The lowest BCUT2D eigenvalue weighted by atomic mass is 10.1. The van der Waals surface area contributed by atoms with E-state index in [1.165, 1.54) is 0 Å². The fraction of sp³-hybridized carbons (Fsp3) is 0.583. The third kappa shape index (κ3) is 3.10. The first-order valence-electron chi connectivity index (χ1n) is 5.57. The van der Waals surface area contributed by atoms with Crippen molar-refractivity contribution in [2.75, 3.05) is 25.6 Å². The van der Waals surface area contributed by atoms with Crippen molar-refractivity contribution in [1.82, 2.24) is 9.55 Å². The lowest BCUT2D eigenvalue weighted by molar-refractivity contribution is 0.134. The van der Waals surface area contributed by atoms with Gasteiger partial charge in [-0.15, -0.1) is 6.58 Å². The molecule has 0 aliphatic carbocycles. The number of methoxy groups -OCH3 is 1. The summed E-state index contributed by atoms with van der Waals surface area (Å²) in [6, 6.07) is 0.305. The number of hydrogen-bond acceptors (Lipinski definition) is 3. The van der Waals surface area contributed by atoms with Crippen LogP contribution in [0.4, 0.5) is 5.95 Å². The van der Waals surface area contributed by atoms with Gasteiger partial charge in [0.25, 0.3) is 0 Å². The third-order valence-corrected chi connectivity index (χ3v) is 2.54. The molecule has 0 saturated heterocycles. The van der Waals surface area contributed by atoms with E-state index in [1.807, 2.05) is 12.3 Å². The van der Waals surface area contributed by atoms with Gasteiger partial charge in [0.2, 0.25) is 5.95 Å². The number of anilines is 1. The molecule has 90 valence electrons. The highest BCUT2D eigenvalue weighted by atomic mass is 16.5. The molecule has 0 aliphatic rings. The number of aromatic nitrogens is 2. The monoisotopic (exact) mass is 223 g/mol. The van der Waals surface area contributed by atoms with Crippen LogP contribution in [-0.4, -0.2) is 29.8 Å². The van der Waals surface area contributed by atoms with Crippen LogP contribution < -0.4 is 5.32 Å². The minimum Gasteiger partial charge on any atom is -0.383 e. The van der Waals surface area contributed by atoms with Crippen molar-refractivity contribution in [2.45, 2.75) is 19.9 Å². The minimum atomic E-state index is 0.305. The average Bonchev–Trinajstić information content (AvgIpc) is 2.70. The van der Waals surface area contributed by atoms with Crippen molar-refractivity contribution in [1.29, 1.82) is 0 Å². The van der Waals surface area contributed by atoms with Crippen LogP contribution in [0.25, 0.3) is 0 Å². The fourth-order valence-corrected chi connectivity index (χ4v) is 1.65. The summed E-state index contributed by atoms with van der Waals surface area (Å²) < 4.78 is 7.37. The Labute approximate surface area is 97.3 Å². The van der Waals surface area contributed by atoms with Crippen LogP contribution in [0.15, 0.2) is 25.0 Å². The van der Waals surface area contributed by atoms with Crippen LogP contribution in [0.5, 0.6) is 0 Å². The van der Waals surface area contributed by atoms with E-state index in [0.717, 1.165) is 12.5 Å². The highest BCUT2D eigenvalue weighted by Crippen LogP contribution is 2.21. The van der Waals surface area contributed by atoms with Crippen LogP contribution >= 0.6 is 0 Å². The summed E-state index contributed by atoms with van der Waals surface area (Å²) in [4.78, 5) is 4.29. The summed E-state index contributed by atoms with van der Waals surface area (Å²) in [5, 5.41) is 3.21. The van der Waals surface area contributed by atoms with E-state index in [2.05, 4.69) is 35.3 Å². The van der Waals surface area contributed by atoms with Gasteiger partial charge in [-0.25, -0.2) is 4.98 Å². The molecule has 1 aromatic rings. The predicted octanol–water partition coefficient (Wildman–Crippen LogP) is 2.32. The maximum Gasteiger partial charge on any atom is 0.203 e. The van der Waals surface area contributed by atoms with Crippen molar-refractivity contribution < 1.29 is 4.74 Å². The molecule has 0 aliphatic heterocycles. The molecule has 0 amide bonds. The number of hydrogen-bond donors (Lipinski definition) is 1. The number of nitrogens with one attached hydrogen (secondary N) is 1. The first-order valence-corrected chi connectivity index (χ1v) is 5.57. The zero-order valence-electron chi connectivity index (χ0n) is 10.3. The topological polar surface area (TPSA) is 39.1 Å². The molecule has 1 rings (SSSR count). The second-order valence-corrected chi connectivity index (χ2v) is 4.09. The molecular formula is C12H21N3O. The summed E-state index contributed by atoms with van der Waals surface area (Å²) in [6.45, 7) is 9.45. The summed E-state index contributed by atoms with van der Waals surface area (Å²) >= 11 is 0. The fourth-order valence-electron chi connectivity index (χ4n) is 1.65. The maximum absolute atomic E-state index is 5.25. The first kappa shape index (κ1) is 12.8. The normalized spacial score (nSPS) is 12.8. The van der Waals surface area contributed by atoms with Gasteiger partial charge >= 0.3 is 0 Å². The summed E-state index contributed by atoms with van der Waals surface area (Å²) in [5.74, 6) is 1.37. The molecular weight excluding hydrogens is 202 g/mol. The second kappa shape index (κ2) is 6.33. The predicted molar refractivity (Wildman–Crippen MR) is 66.7 cm³/mol. The summed E-state index contributed by atoms with van der Waals surface area (Å²) in [6.07, 6.45) is 5.60. The van der Waals surface area contributed by atoms with E-state index < -0.39 is 0 Å². The van der Waals surface area contributed by atoms with Crippen LogP contribution in [0.1, 0.15) is 19.9 Å². The Bertz CT molecular complexity index is 320. The Kier molecular flexibility index (Phi) is 5.05.